The van der Waals surface area contributed by atoms with Crippen LogP contribution in [0.15, 0.2) is 24.4 Å². The van der Waals surface area contributed by atoms with Crippen LogP contribution in [0.4, 0.5) is 5.82 Å². The first kappa shape index (κ1) is 16.2. The second kappa shape index (κ2) is 7.20. The summed E-state index contributed by atoms with van der Waals surface area (Å²) < 4.78 is 28.7. The molecule has 1 saturated heterocycles. The molecular formula is C14H24N4O2S. The fraction of sp³-hybridized carbons (Fsp3) is 0.643. The molecule has 6 nitrogen and oxygen atoms in total. The Morgan fingerprint density at radius 1 is 1.29 bits per heavy atom. The highest BCUT2D eigenvalue weighted by Crippen LogP contribution is 2.18. The van der Waals surface area contributed by atoms with E-state index < -0.39 is 10.2 Å². The predicted octanol–water partition coefficient (Wildman–Crippen LogP) is 1.23. The molecule has 0 unspecified atom stereocenters. The highest BCUT2D eigenvalue weighted by molar-refractivity contribution is 7.87. The van der Waals surface area contributed by atoms with Gasteiger partial charge in [0.2, 0.25) is 0 Å². The van der Waals surface area contributed by atoms with Crippen molar-refractivity contribution in [2.75, 3.05) is 31.1 Å². The van der Waals surface area contributed by atoms with E-state index in [0.717, 1.165) is 31.7 Å². The van der Waals surface area contributed by atoms with Crippen molar-refractivity contribution in [3.05, 3.63) is 24.4 Å². The molecule has 2 heterocycles. The van der Waals surface area contributed by atoms with Crippen LogP contribution in [-0.4, -0.2) is 49.9 Å². The number of hydrogen-bond donors (Lipinski definition) is 1. The van der Waals surface area contributed by atoms with Gasteiger partial charge in [0.15, 0.2) is 0 Å². The van der Waals surface area contributed by atoms with Gasteiger partial charge in [-0.2, -0.15) is 17.4 Å². The molecule has 0 aromatic carbocycles. The van der Waals surface area contributed by atoms with Crippen LogP contribution in [0.1, 0.15) is 26.7 Å². The average Bonchev–Trinajstić information content (AvgIpc) is 2.49. The summed E-state index contributed by atoms with van der Waals surface area (Å²) in [6.45, 7) is 6.35. The van der Waals surface area contributed by atoms with E-state index in [1.165, 1.54) is 4.31 Å². The summed E-state index contributed by atoms with van der Waals surface area (Å²) >= 11 is 0. The molecular weight excluding hydrogens is 288 g/mol. The van der Waals surface area contributed by atoms with E-state index in [-0.39, 0.29) is 6.04 Å². The maximum atomic E-state index is 12.2. The fourth-order valence-electron chi connectivity index (χ4n) is 2.62. The van der Waals surface area contributed by atoms with Crippen LogP contribution >= 0.6 is 0 Å². The van der Waals surface area contributed by atoms with Crippen LogP contribution in [0.5, 0.6) is 0 Å². The average molecular weight is 312 g/mol. The normalized spacial score (nSPS) is 17.4. The summed E-state index contributed by atoms with van der Waals surface area (Å²) in [4.78, 5) is 6.53. The van der Waals surface area contributed by atoms with Crippen molar-refractivity contribution in [2.45, 2.75) is 32.7 Å². The lowest BCUT2D eigenvalue weighted by molar-refractivity contribution is 0.405. The zero-order chi connectivity index (χ0) is 15.3. The smallest absolute Gasteiger partial charge is 0.279 e. The van der Waals surface area contributed by atoms with E-state index in [1.54, 1.807) is 6.20 Å². The first-order valence-corrected chi connectivity index (χ1v) is 8.94. The van der Waals surface area contributed by atoms with Crippen LogP contribution in [0, 0.1) is 0 Å². The Labute approximate surface area is 127 Å². The maximum absolute atomic E-state index is 12.2. The molecule has 118 valence electrons. The lowest BCUT2D eigenvalue weighted by Crippen LogP contribution is -2.49. The molecule has 21 heavy (non-hydrogen) atoms. The van der Waals surface area contributed by atoms with E-state index >= 15 is 0 Å². The molecule has 1 aromatic rings. The Hall–Kier alpha value is -1.18. The van der Waals surface area contributed by atoms with Crippen molar-refractivity contribution in [3.8, 4) is 0 Å². The van der Waals surface area contributed by atoms with Gasteiger partial charge in [0.1, 0.15) is 5.82 Å². The van der Waals surface area contributed by atoms with E-state index in [2.05, 4.69) is 14.6 Å². The number of anilines is 1. The number of pyridine rings is 1. The zero-order valence-corrected chi connectivity index (χ0v) is 13.5. The summed E-state index contributed by atoms with van der Waals surface area (Å²) in [5.74, 6) is 0.961. The van der Waals surface area contributed by atoms with Crippen LogP contribution in [0.25, 0.3) is 0 Å². The monoisotopic (exact) mass is 312 g/mol. The number of nitrogens with zero attached hydrogens (tertiary/aromatic N) is 3. The zero-order valence-electron chi connectivity index (χ0n) is 12.7. The first-order valence-electron chi connectivity index (χ1n) is 7.50. The fourth-order valence-corrected chi connectivity index (χ4v) is 4.10. The molecule has 0 aliphatic carbocycles. The van der Waals surface area contributed by atoms with Gasteiger partial charge < -0.3 is 4.90 Å². The van der Waals surface area contributed by atoms with Crippen LogP contribution in [0.3, 0.4) is 0 Å². The number of piperidine rings is 1. The summed E-state index contributed by atoms with van der Waals surface area (Å²) in [5, 5.41) is 0. The molecule has 1 aliphatic heterocycles. The van der Waals surface area contributed by atoms with Gasteiger partial charge in [-0.05, 0) is 25.0 Å². The van der Waals surface area contributed by atoms with Gasteiger partial charge in [-0.25, -0.2) is 4.98 Å². The molecule has 0 radical (unpaired) electrons. The van der Waals surface area contributed by atoms with Crippen molar-refractivity contribution in [1.82, 2.24) is 14.0 Å². The summed E-state index contributed by atoms with van der Waals surface area (Å²) in [6, 6.07) is 5.86. The number of rotatable bonds is 6. The van der Waals surface area contributed by atoms with Crippen molar-refractivity contribution in [2.24, 2.45) is 0 Å². The Morgan fingerprint density at radius 3 is 2.48 bits per heavy atom. The Kier molecular flexibility index (Phi) is 5.55. The van der Waals surface area contributed by atoms with Crippen molar-refractivity contribution >= 4 is 16.0 Å². The van der Waals surface area contributed by atoms with Gasteiger partial charge in [-0.15, -0.1) is 0 Å². The number of aromatic nitrogens is 1. The van der Waals surface area contributed by atoms with Crippen molar-refractivity contribution in [3.63, 3.8) is 0 Å². The molecule has 0 amide bonds. The third kappa shape index (κ3) is 4.15. The minimum absolute atomic E-state index is 0.00978. The molecule has 1 aliphatic rings. The predicted molar refractivity (Wildman–Crippen MR) is 84.4 cm³/mol. The molecule has 0 atom stereocenters. The summed E-state index contributed by atoms with van der Waals surface area (Å²) in [7, 11) is -3.36. The summed E-state index contributed by atoms with van der Waals surface area (Å²) in [6.07, 6.45) is 3.39. The molecule has 1 N–H and O–H groups in total. The van der Waals surface area contributed by atoms with Gasteiger partial charge >= 0.3 is 0 Å². The summed E-state index contributed by atoms with van der Waals surface area (Å²) in [5.41, 5.74) is 0. The number of nitrogens with one attached hydrogen (secondary N) is 1. The Morgan fingerprint density at radius 2 is 1.95 bits per heavy atom. The first-order chi connectivity index (χ1) is 10.1. The van der Waals surface area contributed by atoms with Gasteiger partial charge in [-0.3, -0.25) is 0 Å². The Bertz CT molecular complexity index is 523. The minimum atomic E-state index is -3.36. The highest BCUT2D eigenvalue weighted by Gasteiger charge is 2.26. The lowest BCUT2D eigenvalue weighted by Gasteiger charge is -2.33. The van der Waals surface area contributed by atoms with E-state index in [0.29, 0.717) is 13.1 Å². The minimum Gasteiger partial charge on any atom is -0.357 e. The molecule has 1 fully saturated rings. The molecule has 0 spiro atoms. The second-order valence-electron chi connectivity index (χ2n) is 5.16. The largest absolute Gasteiger partial charge is 0.357 e. The maximum Gasteiger partial charge on any atom is 0.279 e. The molecule has 0 saturated carbocycles. The van der Waals surface area contributed by atoms with Gasteiger partial charge in [0.25, 0.3) is 10.2 Å². The third-order valence-electron chi connectivity index (χ3n) is 3.83. The molecule has 0 bridgehead atoms. The van der Waals surface area contributed by atoms with Crippen LogP contribution in [0.2, 0.25) is 0 Å². The van der Waals surface area contributed by atoms with Crippen LogP contribution < -0.4 is 9.62 Å². The Balaban J connectivity index is 1.90. The van der Waals surface area contributed by atoms with Crippen molar-refractivity contribution < 1.29 is 8.42 Å². The second-order valence-corrected chi connectivity index (χ2v) is 6.86. The van der Waals surface area contributed by atoms with Gasteiger partial charge in [-0.1, -0.05) is 19.9 Å². The van der Waals surface area contributed by atoms with Crippen molar-refractivity contribution in [1.29, 1.82) is 0 Å². The van der Waals surface area contributed by atoms with Gasteiger partial charge in [0, 0.05) is 38.4 Å². The topological polar surface area (TPSA) is 65.5 Å². The quantitative estimate of drug-likeness (QED) is 0.858. The molecule has 2 rings (SSSR count). The molecule has 1 aromatic heterocycles. The highest BCUT2D eigenvalue weighted by atomic mass is 32.2. The van der Waals surface area contributed by atoms with E-state index in [9.17, 15) is 8.42 Å². The SMILES string of the molecule is CCN(CC)S(=O)(=O)NC1CCN(c2ccccn2)CC1. The number of hydrogen-bond acceptors (Lipinski definition) is 4. The lowest BCUT2D eigenvalue weighted by atomic mass is 10.1. The standard InChI is InChI=1S/C14H24N4O2S/c1-3-18(4-2)21(19,20)16-13-8-11-17(12-9-13)14-7-5-6-10-15-14/h5-7,10,13,16H,3-4,8-9,11-12H2,1-2H3. The van der Waals surface area contributed by atoms with E-state index in [1.807, 2.05) is 32.0 Å². The van der Waals surface area contributed by atoms with Gasteiger partial charge in [0.05, 0.1) is 0 Å². The van der Waals surface area contributed by atoms with Crippen LogP contribution in [-0.2, 0) is 10.2 Å². The molecule has 7 heteroatoms. The van der Waals surface area contributed by atoms with E-state index in [4.69, 9.17) is 0 Å². The third-order valence-corrected chi connectivity index (χ3v) is 5.66.